The molecule has 132 valence electrons. The maximum absolute atomic E-state index is 12.1. The predicted molar refractivity (Wildman–Crippen MR) is 99.8 cm³/mol. The molecule has 23 heavy (non-hydrogen) atoms. The molecule has 1 aliphatic heterocycles. The first-order chi connectivity index (χ1) is 10.2. The summed E-state index contributed by atoms with van der Waals surface area (Å²) < 4.78 is 0. The zero-order valence-corrected chi connectivity index (χ0v) is 15.9. The van der Waals surface area contributed by atoms with Gasteiger partial charge in [-0.3, -0.25) is 9.69 Å². The van der Waals surface area contributed by atoms with Crippen LogP contribution in [0.5, 0.6) is 0 Å². The Morgan fingerprint density at radius 2 is 2.22 bits per heavy atom. The van der Waals surface area contributed by atoms with Crippen molar-refractivity contribution in [3.63, 3.8) is 0 Å². The van der Waals surface area contributed by atoms with Gasteiger partial charge in [-0.15, -0.1) is 36.2 Å². The Kier molecular flexibility index (Phi) is 8.24. The van der Waals surface area contributed by atoms with E-state index in [0.717, 1.165) is 56.1 Å². The summed E-state index contributed by atoms with van der Waals surface area (Å²) >= 11 is 1.63. The molecule has 2 aliphatic rings. The number of anilines is 1. The average molecular weight is 381 g/mol. The molecule has 3 rings (SSSR count). The van der Waals surface area contributed by atoms with Crippen LogP contribution in [0.15, 0.2) is 0 Å². The first-order valence-corrected chi connectivity index (χ1v) is 8.73. The number of hydrogen-bond donors (Lipinski definition) is 2. The number of carbonyl (C=O) groups excluding carboxylic acids is 1. The number of amides is 1. The Morgan fingerprint density at radius 1 is 1.43 bits per heavy atom. The van der Waals surface area contributed by atoms with E-state index in [1.165, 1.54) is 4.88 Å². The summed E-state index contributed by atoms with van der Waals surface area (Å²) in [5.41, 5.74) is 7.20. The van der Waals surface area contributed by atoms with Crippen molar-refractivity contribution >= 4 is 47.2 Å². The maximum atomic E-state index is 12.1. The number of rotatable bonds is 4. The Morgan fingerprint density at radius 3 is 2.87 bits per heavy atom. The predicted octanol–water partition coefficient (Wildman–Crippen LogP) is 2.82. The summed E-state index contributed by atoms with van der Waals surface area (Å²) in [6, 6.07) is 0.193. The lowest BCUT2D eigenvalue weighted by atomic mass is 10.00. The van der Waals surface area contributed by atoms with Gasteiger partial charge in [-0.05, 0) is 25.3 Å². The molecule has 0 bridgehead atoms. The highest BCUT2D eigenvalue weighted by Crippen LogP contribution is 2.30. The van der Waals surface area contributed by atoms with Gasteiger partial charge < -0.3 is 11.1 Å². The molecule has 1 amide bonds. The number of nitrogens with zero attached hydrogens (tertiary/aromatic N) is 2. The van der Waals surface area contributed by atoms with E-state index in [4.69, 9.17) is 5.73 Å². The van der Waals surface area contributed by atoms with Crippen molar-refractivity contribution in [1.82, 2.24) is 9.88 Å². The molecular formula is C15H26Cl2N4OS. The molecule has 0 unspecified atom stereocenters. The SMILES string of the molecule is CCN1CCc2nc(NC(=O)C[C@@H]3CCC[C@H]3N)sc2C1.Cl.Cl. The third kappa shape index (κ3) is 5.03. The van der Waals surface area contributed by atoms with Crippen LogP contribution in [0.1, 0.15) is 43.2 Å². The van der Waals surface area contributed by atoms with Gasteiger partial charge in [-0.25, -0.2) is 4.98 Å². The molecule has 8 heteroatoms. The zero-order chi connectivity index (χ0) is 14.8. The van der Waals surface area contributed by atoms with Crippen molar-refractivity contribution in [2.24, 2.45) is 11.7 Å². The lowest BCUT2D eigenvalue weighted by Gasteiger charge is -2.23. The first kappa shape index (κ1) is 20.6. The largest absolute Gasteiger partial charge is 0.327 e. The van der Waals surface area contributed by atoms with Gasteiger partial charge in [0.2, 0.25) is 5.91 Å². The minimum absolute atomic E-state index is 0. The van der Waals surface area contributed by atoms with Crippen LogP contribution in [0.4, 0.5) is 5.13 Å². The molecule has 2 atom stereocenters. The van der Waals surface area contributed by atoms with Crippen molar-refractivity contribution < 1.29 is 4.79 Å². The van der Waals surface area contributed by atoms with Crippen LogP contribution < -0.4 is 11.1 Å². The summed E-state index contributed by atoms with van der Waals surface area (Å²) in [7, 11) is 0. The van der Waals surface area contributed by atoms with E-state index in [1.54, 1.807) is 11.3 Å². The van der Waals surface area contributed by atoms with Crippen molar-refractivity contribution in [2.45, 2.75) is 51.6 Å². The van der Waals surface area contributed by atoms with Crippen molar-refractivity contribution in [2.75, 3.05) is 18.4 Å². The lowest BCUT2D eigenvalue weighted by molar-refractivity contribution is -0.117. The number of likely N-dealkylation sites (N-methyl/N-ethyl adjacent to an activating group) is 1. The molecule has 0 spiro atoms. The van der Waals surface area contributed by atoms with E-state index in [2.05, 4.69) is 22.1 Å². The monoisotopic (exact) mass is 380 g/mol. The van der Waals surface area contributed by atoms with Crippen LogP contribution in [0.2, 0.25) is 0 Å². The second-order valence-electron chi connectivity index (χ2n) is 6.11. The molecule has 1 aliphatic carbocycles. The highest BCUT2D eigenvalue weighted by Gasteiger charge is 2.27. The Bertz CT molecular complexity index is 526. The molecule has 1 aromatic heterocycles. The molecule has 1 fully saturated rings. The summed E-state index contributed by atoms with van der Waals surface area (Å²) in [4.78, 5) is 20.4. The van der Waals surface area contributed by atoms with Crippen LogP contribution in [-0.4, -0.2) is 34.9 Å². The normalized spacial score (nSPS) is 23.6. The summed E-state index contributed by atoms with van der Waals surface area (Å²) in [6.45, 7) is 5.28. The minimum Gasteiger partial charge on any atom is -0.327 e. The van der Waals surface area contributed by atoms with E-state index < -0.39 is 0 Å². The Hall–Kier alpha value is -0.400. The van der Waals surface area contributed by atoms with E-state index in [0.29, 0.717) is 12.3 Å². The van der Waals surface area contributed by atoms with E-state index >= 15 is 0 Å². The van der Waals surface area contributed by atoms with Gasteiger partial charge in [0.15, 0.2) is 5.13 Å². The lowest BCUT2D eigenvalue weighted by Crippen LogP contribution is -2.29. The smallest absolute Gasteiger partial charge is 0.226 e. The molecule has 5 nitrogen and oxygen atoms in total. The minimum atomic E-state index is 0. The summed E-state index contributed by atoms with van der Waals surface area (Å²) in [5.74, 6) is 0.408. The first-order valence-electron chi connectivity index (χ1n) is 7.92. The van der Waals surface area contributed by atoms with Crippen LogP contribution in [0.25, 0.3) is 0 Å². The zero-order valence-electron chi connectivity index (χ0n) is 13.4. The highest BCUT2D eigenvalue weighted by atomic mass is 35.5. The number of fused-ring (bicyclic) bond motifs is 1. The van der Waals surface area contributed by atoms with Gasteiger partial charge in [0, 0.05) is 36.9 Å². The van der Waals surface area contributed by atoms with Crippen LogP contribution in [-0.2, 0) is 17.8 Å². The number of nitrogens with two attached hydrogens (primary N) is 1. The fourth-order valence-electron chi connectivity index (χ4n) is 3.30. The molecule has 2 heterocycles. The second-order valence-corrected chi connectivity index (χ2v) is 7.20. The number of aromatic nitrogens is 1. The third-order valence-corrected chi connectivity index (χ3v) is 5.67. The van der Waals surface area contributed by atoms with Gasteiger partial charge >= 0.3 is 0 Å². The van der Waals surface area contributed by atoms with Gasteiger partial charge in [-0.2, -0.15) is 0 Å². The molecular weight excluding hydrogens is 355 g/mol. The van der Waals surface area contributed by atoms with Crippen molar-refractivity contribution in [3.05, 3.63) is 10.6 Å². The number of nitrogens with one attached hydrogen (secondary N) is 1. The number of thiazole rings is 1. The topological polar surface area (TPSA) is 71.2 Å². The fraction of sp³-hybridized carbons (Fsp3) is 0.733. The number of halogens is 2. The summed E-state index contributed by atoms with van der Waals surface area (Å²) in [5, 5.41) is 3.73. The van der Waals surface area contributed by atoms with Gasteiger partial charge in [0.25, 0.3) is 0 Å². The Balaban J connectivity index is 0.00000132. The van der Waals surface area contributed by atoms with Crippen molar-refractivity contribution in [3.8, 4) is 0 Å². The quantitative estimate of drug-likeness (QED) is 0.842. The molecule has 0 saturated heterocycles. The number of carbonyl (C=O) groups is 1. The molecule has 1 aromatic rings. The van der Waals surface area contributed by atoms with Gasteiger partial charge in [0.05, 0.1) is 5.69 Å². The average Bonchev–Trinajstić information content (AvgIpc) is 3.04. The van der Waals surface area contributed by atoms with Crippen LogP contribution >= 0.6 is 36.2 Å². The highest BCUT2D eigenvalue weighted by molar-refractivity contribution is 7.15. The molecule has 0 aromatic carbocycles. The van der Waals surface area contributed by atoms with Gasteiger partial charge in [0.1, 0.15) is 0 Å². The van der Waals surface area contributed by atoms with E-state index in [9.17, 15) is 4.79 Å². The standard InChI is InChI=1S/C15H24N4OS.2ClH/c1-2-19-7-6-12-13(9-19)21-15(17-12)18-14(20)8-10-4-3-5-11(10)16;;/h10-11H,2-9,16H2,1H3,(H,17,18,20);2*1H/t10-,11+;;/m0../s1. The van der Waals surface area contributed by atoms with E-state index in [-0.39, 0.29) is 36.8 Å². The summed E-state index contributed by atoms with van der Waals surface area (Å²) in [6.07, 6.45) is 4.80. The van der Waals surface area contributed by atoms with Crippen LogP contribution in [0, 0.1) is 5.92 Å². The van der Waals surface area contributed by atoms with E-state index in [1.807, 2.05) is 0 Å². The second kappa shape index (κ2) is 9.18. The molecule has 0 radical (unpaired) electrons. The molecule has 3 N–H and O–H groups in total. The van der Waals surface area contributed by atoms with Crippen LogP contribution in [0.3, 0.4) is 0 Å². The Labute approximate surface area is 154 Å². The third-order valence-electron chi connectivity index (χ3n) is 4.67. The number of hydrogen-bond acceptors (Lipinski definition) is 5. The van der Waals surface area contributed by atoms with Gasteiger partial charge in [-0.1, -0.05) is 13.3 Å². The maximum Gasteiger partial charge on any atom is 0.226 e. The fourth-order valence-corrected chi connectivity index (χ4v) is 4.37. The van der Waals surface area contributed by atoms with Crippen molar-refractivity contribution in [1.29, 1.82) is 0 Å². The molecule has 1 saturated carbocycles.